The molecule has 0 unspecified atom stereocenters. The number of terminal acetylenes is 1. The average Bonchev–Trinajstić information content (AvgIpc) is 2.18. The summed E-state index contributed by atoms with van der Waals surface area (Å²) in [5, 5.41) is 2.23. The van der Waals surface area contributed by atoms with Crippen LogP contribution in [0, 0.1) is 24.0 Å². The molecule has 0 aliphatic carbocycles. The van der Waals surface area contributed by atoms with Gasteiger partial charge in [-0.15, -0.1) is 6.42 Å². The van der Waals surface area contributed by atoms with E-state index in [9.17, 15) is 13.6 Å². The van der Waals surface area contributed by atoms with Gasteiger partial charge >= 0.3 is 0 Å². The van der Waals surface area contributed by atoms with Crippen molar-refractivity contribution in [3.8, 4) is 12.3 Å². The van der Waals surface area contributed by atoms with Crippen molar-refractivity contribution in [3.63, 3.8) is 0 Å². The van der Waals surface area contributed by atoms with Crippen LogP contribution in [0.5, 0.6) is 0 Å². The van der Waals surface area contributed by atoms with Crippen LogP contribution in [0.15, 0.2) is 18.2 Å². The number of carbonyl (C=O) groups excluding carboxylic acids is 1. The van der Waals surface area contributed by atoms with Gasteiger partial charge in [0.1, 0.15) is 0 Å². The first-order chi connectivity index (χ1) is 6.66. The van der Waals surface area contributed by atoms with Gasteiger partial charge in [-0.2, -0.15) is 0 Å². The van der Waals surface area contributed by atoms with Gasteiger partial charge in [-0.25, -0.2) is 8.78 Å². The second-order valence-electron chi connectivity index (χ2n) is 2.49. The van der Waals surface area contributed by atoms with Gasteiger partial charge in [0.15, 0.2) is 11.6 Å². The summed E-state index contributed by atoms with van der Waals surface area (Å²) in [6.45, 7) is -0.0191. The van der Waals surface area contributed by atoms with E-state index in [4.69, 9.17) is 6.42 Å². The van der Waals surface area contributed by atoms with Crippen LogP contribution >= 0.6 is 0 Å². The Hall–Kier alpha value is -1.89. The smallest absolute Gasteiger partial charge is 0.255 e. The van der Waals surface area contributed by atoms with E-state index in [2.05, 4.69) is 11.2 Å². The predicted molar refractivity (Wildman–Crippen MR) is 47.5 cm³/mol. The highest BCUT2D eigenvalue weighted by molar-refractivity contribution is 5.94. The molecule has 1 aromatic rings. The number of amides is 1. The Morgan fingerprint density at radius 1 is 1.50 bits per heavy atom. The highest BCUT2D eigenvalue weighted by Gasteiger charge is 2.13. The van der Waals surface area contributed by atoms with E-state index in [1.54, 1.807) is 0 Å². The Labute approximate surface area is 79.9 Å². The summed E-state index contributed by atoms with van der Waals surface area (Å²) < 4.78 is 25.7. The molecule has 0 aliphatic heterocycles. The van der Waals surface area contributed by atoms with E-state index in [1.807, 2.05) is 0 Å². The second-order valence-corrected chi connectivity index (χ2v) is 2.49. The Morgan fingerprint density at radius 3 is 2.86 bits per heavy atom. The lowest BCUT2D eigenvalue weighted by Gasteiger charge is -2.02. The van der Waals surface area contributed by atoms with Crippen LogP contribution in [0.4, 0.5) is 8.78 Å². The molecule has 0 atom stereocenters. The molecule has 4 heteroatoms. The molecule has 1 amide bonds. The first-order valence-electron chi connectivity index (χ1n) is 3.82. The Bertz CT molecular complexity index is 396. The summed E-state index contributed by atoms with van der Waals surface area (Å²) in [6, 6.07) is 3.38. The van der Waals surface area contributed by atoms with E-state index in [-0.39, 0.29) is 12.1 Å². The van der Waals surface area contributed by atoms with Crippen molar-refractivity contribution in [1.82, 2.24) is 5.32 Å². The van der Waals surface area contributed by atoms with E-state index < -0.39 is 17.5 Å². The van der Waals surface area contributed by atoms with Crippen LogP contribution in [0.25, 0.3) is 0 Å². The summed E-state index contributed by atoms with van der Waals surface area (Å²) in [7, 11) is 0. The lowest BCUT2D eigenvalue weighted by atomic mass is 10.2. The maximum atomic E-state index is 13.0. The Kier molecular flexibility index (Phi) is 3.19. The van der Waals surface area contributed by atoms with Crippen molar-refractivity contribution in [2.45, 2.75) is 0 Å². The monoisotopic (exact) mass is 195 g/mol. The number of benzene rings is 1. The van der Waals surface area contributed by atoms with Crippen molar-refractivity contribution in [1.29, 1.82) is 0 Å². The van der Waals surface area contributed by atoms with Crippen LogP contribution < -0.4 is 5.32 Å². The van der Waals surface area contributed by atoms with Crippen molar-refractivity contribution in [2.75, 3.05) is 6.54 Å². The van der Waals surface area contributed by atoms with Crippen LogP contribution in [-0.4, -0.2) is 12.5 Å². The molecule has 1 aromatic carbocycles. The summed E-state index contributed by atoms with van der Waals surface area (Å²) >= 11 is 0. The third-order valence-corrected chi connectivity index (χ3v) is 1.55. The molecular weight excluding hydrogens is 188 g/mol. The zero-order valence-electron chi connectivity index (χ0n) is 7.18. The summed E-state index contributed by atoms with van der Waals surface area (Å²) in [6.07, 6.45) is 4.89. The van der Waals surface area contributed by atoms with Gasteiger partial charge in [0.25, 0.3) is 5.91 Å². The number of rotatable bonds is 2. The fraction of sp³-hybridized carbons (Fsp3) is 0.100. The van der Waals surface area contributed by atoms with Gasteiger partial charge in [-0.1, -0.05) is 12.0 Å². The molecule has 1 rings (SSSR count). The number of halogens is 2. The van der Waals surface area contributed by atoms with Crippen LogP contribution in [0.3, 0.4) is 0 Å². The molecule has 0 saturated carbocycles. The fourth-order valence-corrected chi connectivity index (χ4v) is 0.906. The van der Waals surface area contributed by atoms with Crippen LogP contribution in [0.1, 0.15) is 10.4 Å². The van der Waals surface area contributed by atoms with E-state index in [0.717, 1.165) is 6.07 Å². The Balaban J connectivity index is 2.91. The molecule has 0 aromatic heterocycles. The SMILES string of the molecule is C#CCNC(=O)c1cccc(F)c1F. The molecule has 14 heavy (non-hydrogen) atoms. The molecule has 0 radical (unpaired) electrons. The minimum Gasteiger partial charge on any atom is -0.341 e. The number of hydrogen-bond acceptors (Lipinski definition) is 1. The van der Waals surface area contributed by atoms with Crippen molar-refractivity contribution in [3.05, 3.63) is 35.4 Å². The quantitative estimate of drug-likeness (QED) is 0.708. The lowest BCUT2D eigenvalue weighted by molar-refractivity contribution is 0.0953. The standard InChI is InChI=1S/C10H7F2NO/c1-2-6-13-10(14)7-4-3-5-8(11)9(7)12/h1,3-5H,6H2,(H,13,14). The molecule has 0 heterocycles. The maximum absolute atomic E-state index is 13.0. The minimum absolute atomic E-state index is 0.0191. The van der Waals surface area contributed by atoms with Gasteiger partial charge in [0.2, 0.25) is 0 Å². The summed E-state index contributed by atoms with van der Waals surface area (Å²) in [5.41, 5.74) is -0.347. The van der Waals surface area contributed by atoms with Gasteiger partial charge in [0.05, 0.1) is 12.1 Å². The molecule has 1 N–H and O–H groups in total. The fourth-order valence-electron chi connectivity index (χ4n) is 0.906. The van der Waals surface area contributed by atoms with Crippen LogP contribution in [-0.2, 0) is 0 Å². The number of carbonyl (C=O) groups is 1. The lowest BCUT2D eigenvalue weighted by Crippen LogP contribution is -2.24. The highest BCUT2D eigenvalue weighted by atomic mass is 19.2. The van der Waals surface area contributed by atoms with Gasteiger partial charge in [-0.05, 0) is 12.1 Å². The first kappa shape index (κ1) is 10.2. The van der Waals surface area contributed by atoms with Gasteiger partial charge in [0, 0.05) is 0 Å². The summed E-state index contributed by atoms with van der Waals surface area (Å²) in [4.78, 5) is 11.2. The Morgan fingerprint density at radius 2 is 2.21 bits per heavy atom. The second kappa shape index (κ2) is 4.38. The highest BCUT2D eigenvalue weighted by Crippen LogP contribution is 2.10. The first-order valence-corrected chi connectivity index (χ1v) is 3.82. The maximum Gasteiger partial charge on any atom is 0.255 e. The van der Waals surface area contributed by atoms with Crippen LogP contribution in [0.2, 0.25) is 0 Å². The number of nitrogens with one attached hydrogen (secondary N) is 1. The van der Waals surface area contributed by atoms with E-state index >= 15 is 0 Å². The summed E-state index contributed by atoms with van der Waals surface area (Å²) in [5.74, 6) is -0.790. The molecule has 0 saturated heterocycles. The topological polar surface area (TPSA) is 29.1 Å². The average molecular weight is 195 g/mol. The third-order valence-electron chi connectivity index (χ3n) is 1.55. The largest absolute Gasteiger partial charge is 0.341 e. The van der Waals surface area contributed by atoms with Gasteiger partial charge < -0.3 is 5.32 Å². The number of hydrogen-bond donors (Lipinski definition) is 1. The molecule has 0 fully saturated rings. The van der Waals surface area contributed by atoms with Gasteiger partial charge in [-0.3, -0.25) is 4.79 Å². The molecule has 0 aliphatic rings. The predicted octanol–water partition coefficient (Wildman–Crippen LogP) is 1.33. The molecule has 0 spiro atoms. The van der Waals surface area contributed by atoms with E-state index in [0.29, 0.717) is 0 Å². The van der Waals surface area contributed by atoms with Crippen molar-refractivity contribution >= 4 is 5.91 Å². The minimum atomic E-state index is -1.16. The zero-order chi connectivity index (χ0) is 10.6. The molecule has 72 valence electrons. The zero-order valence-corrected chi connectivity index (χ0v) is 7.18. The van der Waals surface area contributed by atoms with Crippen molar-refractivity contribution < 1.29 is 13.6 Å². The molecule has 0 bridgehead atoms. The third kappa shape index (κ3) is 2.07. The van der Waals surface area contributed by atoms with E-state index in [1.165, 1.54) is 12.1 Å². The van der Waals surface area contributed by atoms with Crippen molar-refractivity contribution in [2.24, 2.45) is 0 Å². The normalized spacial score (nSPS) is 9.21. The molecule has 2 nitrogen and oxygen atoms in total. The molecular formula is C10H7F2NO.